The van der Waals surface area contributed by atoms with Gasteiger partial charge in [0.15, 0.2) is 5.78 Å². The van der Waals surface area contributed by atoms with E-state index in [9.17, 15) is 4.79 Å². The minimum atomic E-state index is 0.333. The summed E-state index contributed by atoms with van der Waals surface area (Å²) >= 11 is 0. The molecule has 1 aromatic rings. The van der Waals surface area contributed by atoms with Crippen LogP contribution in [0.2, 0.25) is 0 Å². The van der Waals surface area contributed by atoms with E-state index < -0.39 is 0 Å². The lowest BCUT2D eigenvalue weighted by Crippen LogP contribution is -2.48. The van der Waals surface area contributed by atoms with Crippen molar-refractivity contribution in [1.82, 2.24) is 9.80 Å². The number of carbonyl (C=O) groups is 1. The predicted octanol–water partition coefficient (Wildman–Crippen LogP) is 2.65. The molecule has 1 aromatic carbocycles. The molecule has 0 aromatic heterocycles. The predicted molar refractivity (Wildman–Crippen MR) is 85.8 cm³/mol. The van der Waals surface area contributed by atoms with Crippen molar-refractivity contribution in [2.24, 2.45) is 0 Å². The lowest BCUT2D eigenvalue weighted by Gasteiger charge is -2.37. The van der Waals surface area contributed by atoms with Gasteiger partial charge >= 0.3 is 0 Å². The maximum atomic E-state index is 12.0. The molecule has 3 rings (SSSR count). The number of nitrogens with zero attached hydrogens (tertiary/aromatic N) is 2. The molecule has 0 saturated carbocycles. The fraction of sp³-hybridized carbons (Fsp3) is 0.611. The molecule has 0 N–H and O–H groups in total. The van der Waals surface area contributed by atoms with Crippen LogP contribution in [0.1, 0.15) is 47.3 Å². The zero-order valence-electron chi connectivity index (χ0n) is 13.5. The second-order valence-corrected chi connectivity index (χ2v) is 6.77. The van der Waals surface area contributed by atoms with Crippen molar-refractivity contribution >= 4 is 5.78 Å². The molecule has 1 aliphatic carbocycles. The highest BCUT2D eigenvalue weighted by Gasteiger charge is 2.23. The molecule has 1 fully saturated rings. The molecule has 0 radical (unpaired) electrons. The Hall–Kier alpha value is -1.19. The number of ketones is 1. The number of fused-ring (bicyclic) bond motifs is 1. The first-order valence-electron chi connectivity index (χ1n) is 8.16. The summed E-state index contributed by atoms with van der Waals surface area (Å²) in [5, 5.41) is 0. The summed E-state index contributed by atoms with van der Waals surface area (Å²) < 4.78 is 0. The molecule has 0 amide bonds. The summed E-state index contributed by atoms with van der Waals surface area (Å²) in [6, 6.07) is 5.07. The molecule has 3 nitrogen and oxygen atoms in total. The SMILES string of the molecule is Cc1cc(CN2CCN(C(C)C)CC2)cc2c1CCC2=O. The summed E-state index contributed by atoms with van der Waals surface area (Å²) in [6.07, 6.45) is 1.64. The molecule has 0 spiro atoms. The third kappa shape index (κ3) is 3.04. The molecule has 3 heteroatoms. The van der Waals surface area contributed by atoms with Crippen LogP contribution in [0.3, 0.4) is 0 Å². The number of rotatable bonds is 3. The van der Waals surface area contributed by atoms with E-state index in [1.807, 2.05) is 0 Å². The Morgan fingerprint density at radius 2 is 1.81 bits per heavy atom. The highest BCUT2D eigenvalue weighted by molar-refractivity contribution is 6.00. The lowest BCUT2D eigenvalue weighted by atomic mass is 10.00. The van der Waals surface area contributed by atoms with Crippen molar-refractivity contribution in [2.45, 2.75) is 46.2 Å². The molecule has 2 aliphatic rings. The van der Waals surface area contributed by atoms with Gasteiger partial charge in [-0.1, -0.05) is 6.07 Å². The Bertz CT molecular complexity index is 542. The third-order valence-electron chi connectivity index (χ3n) is 4.98. The van der Waals surface area contributed by atoms with Gasteiger partial charge in [-0.25, -0.2) is 0 Å². The minimum absolute atomic E-state index is 0.333. The zero-order chi connectivity index (χ0) is 15.0. The van der Waals surface area contributed by atoms with Crippen LogP contribution in [-0.2, 0) is 13.0 Å². The Labute approximate surface area is 127 Å². The van der Waals surface area contributed by atoms with E-state index in [4.69, 9.17) is 0 Å². The number of benzene rings is 1. The van der Waals surface area contributed by atoms with Gasteiger partial charge in [0, 0.05) is 50.7 Å². The zero-order valence-corrected chi connectivity index (χ0v) is 13.5. The van der Waals surface area contributed by atoms with Gasteiger partial charge in [0.2, 0.25) is 0 Å². The van der Waals surface area contributed by atoms with E-state index in [1.54, 1.807) is 0 Å². The first kappa shape index (κ1) is 14.7. The van der Waals surface area contributed by atoms with Crippen LogP contribution in [0, 0.1) is 6.92 Å². The number of hydrogen-bond acceptors (Lipinski definition) is 3. The average molecular weight is 286 g/mol. The van der Waals surface area contributed by atoms with Gasteiger partial charge < -0.3 is 0 Å². The highest BCUT2D eigenvalue weighted by Crippen LogP contribution is 2.27. The molecule has 114 valence electrons. The van der Waals surface area contributed by atoms with Crippen molar-refractivity contribution in [3.8, 4) is 0 Å². The van der Waals surface area contributed by atoms with E-state index in [0.29, 0.717) is 18.2 Å². The molecule has 1 aliphatic heterocycles. The number of piperazine rings is 1. The fourth-order valence-corrected chi connectivity index (χ4v) is 3.63. The van der Waals surface area contributed by atoms with Crippen molar-refractivity contribution in [3.05, 3.63) is 34.4 Å². The van der Waals surface area contributed by atoms with Crippen LogP contribution in [0.5, 0.6) is 0 Å². The van der Waals surface area contributed by atoms with Gasteiger partial charge in [-0.2, -0.15) is 0 Å². The number of carbonyl (C=O) groups excluding carboxylic acids is 1. The summed E-state index contributed by atoms with van der Waals surface area (Å²) in [4.78, 5) is 17.0. The van der Waals surface area contributed by atoms with Gasteiger partial charge in [-0.3, -0.25) is 14.6 Å². The van der Waals surface area contributed by atoms with E-state index in [0.717, 1.165) is 44.7 Å². The van der Waals surface area contributed by atoms with Gasteiger partial charge in [0.1, 0.15) is 0 Å². The Morgan fingerprint density at radius 1 is 1.10 bits per heavy atom. The van der Waals surface area contributed by atoms with E-state index >= 15 is 0 Å². The van der Waals surface area contributed by atoms with E-state index in [1.165, 1.54) is 16.7 Å². The first-order chi connectivity index (χ1) is 10.0. The van der Waals surface area contributed by atoms with Crippen molar-refractivity contribution < 1.29 is 4.79 Å². The smallest absolute Gasteiger partial charge is 0.163 e. The van der Waals surface area contributed by atoms with Gasteiger partial charge in [0.25, 0.3) is 0 Å². The normalized spacial score (nSPS) is 20.3. The molecule has 0 bridgehead atoms. The quantitative estimate of drug-likeness (QED) is 0.853. The van der Waals surface area contributed by atoms with Crippen molar-refractivity contribution in [3.63, 3.8) is 0 Å². The lowest BCUT2D eigenvalue weighted by molar-refractivity contribution is 0.0992. The number of hydrogen-bond donors (Lipinski definition) is 0. The third-order valence-corrected chi connectivity index (χ3v) is 4.98. The molecular weight excluding hydrogens is 260 g/mol. The molecular formula is C18H26N2O. The van der Waals surface area contributed by atoms with Crippen LogP contribution in [-0.4, -0.2) is 47.8 Å². The van der Waals surface area contributed by atoms with Crippen LogP contribution >= 0.6 is 0 Å². The molecule has 21 heavy (non-hydrogen) atoms. The van der Waals surface area contributed by atoms with Crippen molar-refractivity contribution in [2.75, 3.05) is 26.2 Å². The standard InChI is InChI=1S/C18H26N2O/c1-13(2)20-8-6-19(7-9-20)12-15-10-14(3)16-4-5-18(21)17(16)11-15/h10-11,13H,4-9,12H2,1-3H3. The van der Waals surface area contributed by atoms with E-state index in [2.05, 4.69) is 42.7 Å². The first-order valence-corrected chi connectivity index (χ1v) is 8.16. The summed E-state index contributed by atoms with van der Waals surface area (Å²) in [5.74, 6) is 0.333. The van der Waals surface area contributed by atoms with E-state index in [-0.39, 0.29) is 0 Å². The topological polar surface area (TPSA) is 23.6 Å². The summed E-state index contributed by atoms with van der Waals surface area (Å²) in [7, 11) is 0. The Balaban J connectivity index is 1.68. The highest BCUT2D eigenvalue weighted by atomic mass is 16.1. The van der Waals surface area contributed by atoms with Gasteiger partial charge in [-0.05, 0) is 49.9 Å². The fourth-order valence-electron chi connectivity index (χ4n) is 3.63. The van der Waals surface area contributed by atoms with Crippen LogP contribution < -0.4 is 0 Å². The van der Waals surface area contributed by atoms with Crippen LogP contribution in [0.25, 0.3) is 0 Å². The van der Waals surface area contributed by atoms with Gasteiger partial charge in [0.05, 0.1) is 0 Å². The van der Waals surface area contributed by atoms with Crippen molar-refractivity contribution in [1.29, 1.82) is 0 Å². The van der Waals surface area contributed by atoms with Gasteiger partial charge in [-0.15, -0.1) is 0 Å². The summed E-state index contributed by atoms with van der Waals surface area (Å²) in [6.45, 7) is 12.2. The van der Waals surface area contributed by atoms with Crippen LogP contribution in [0.4, 0.5) is 0 Å². The molecule has 1 saturated heterocycles. The number of Topliss-reactive ketones (excluding diaryl/α,β-unsaturated/α-hetero) is 1. The van der Waals surface area contributed by atoms with Crippen LogP contribution in [0.15, 0.2) is 12.1 Å². The largest absolute Gasteiger partial charge is 0.298 e. The molecule has 1 heterocycles. The minimum Gasteiger partial charge on any atom is -0.298 e. The maximum Gasteiger partial charge on any atom is 0.163 e. The molecule has 0 unspecified atom stereocenters. The average Bonchev–Trinajstić information content (AvgIpc) is 2.82. The monoisotopic (exact) mass is 286 g/mol. The number of aryl methyl sites for hydroxylation is 1. The Morgan fingerprint density at radius 3 is 2.48 bits per heavy atom. The Kier molecular flexibility index (Phi) is 4.14. The second kappa shape index (κ2) is 5.90. The summed E-state index contributed by atoms with van der Waals surface area (Å²) in [5.41, 5.74) is 4.88. The maximum absolute atomic E-state index is 12.0. The molecule has 0 atom stereocenters. The second-order valence-electron chi connectivity index (χ2n) is 6.77.